The van der Waals surface area contributed by atoms with Crippen molar-refractivity contribution in [1.29, 1.82) is 0 Å². The van der Waals surface area contributed by atoms with Crippen molar-refractivity contribution in [2.75, 3.05) is 19.0 Å². The van der Waals surface area contributed by atoms with E-state index in [4.69, 9.17) is 0 Å². The summed E-state index contributed by atoms with van der Waals surface area (Å²) in [4.78, 5) is 35.1. The molecule has 0 spiro atoms. The molecular weight excluding hydrogens is 338 g/mol. The van der Waals surface area contributed by atoms with Crippen LogP contribution in [0.15, 0.2) is 23.9 Å². The van der Waals surface area contributed by atoms with E-state index in [-0.39, 0.29) is 23.7 Å². The van der Waals surface area contributed by atoms with E-state index in [1.807, 2.05) is 19.0 Å². The Morgan fingerprint density at radius 1 is 1.32 bits per heavy atom. The largest absolute Gasteiger partial charge is 0.507 e. The van der Waals surface area contributed by atoms with Gasteiger partial charge in [0.15, 0.2) is 0 Å². The summed E-state index contributed by atoms with van der Waals surface area (Å²) >= 11 is 1.25. The van der Waals surface area contributed by atoms with Gasteiger partial charge in [0.1, 0.15) is 22.4 Å². The van der Waals surface area contributed by atoms with Crippen molar-refractivity contribution in [3.05, 3.63) is 45.0 Å². The third kappa shape index (κ3) is 3.46. The number of aromatic nitrogens is 2. The highest BCUT2D eigenvalue weighted by atomic mass is 32.1. The molecule has 1 N–H and O–H groups in total. The van der Waals surface area contributed by atoms with Crippen LogP contribution >= 0.6 is 11.3 Å². The van der Waals surface area contributed by atoms with E-state index in [1.165, 1.54) is 18.3 Å². The highest BCUT2D eigenvalue weighted by molar-refractivity contribution is 7.14. The SMILES string of the molecule is CC(=O)Cc1nc2c(s1)C(=O)C(=C(O)c1ccc(N(C)C)nc1)CC2. The van der Waals surface area contributed by atoms with Gasteiger partial charge in [-0.2, -0.15) is 0 Å². The molecular formula is C18H19N3O3S. The van der Waals surface area contributed by atoms with E-state index in [9.17, 15) is 14.7 Å². The number of ketones is 2. The van der Waals surface area contributed by atoms with Gasteiger partial charge in [0.2, 0.25) is 5.78 Å². The Hall–Kier alpha value is -2.54. The molecule has 0 aromatic carbocycles. The topological polar surface area (TPSA) is 83.4 Å². The van der Waals surface area contributed by atoms with E-state index in [1.54, 1.807) is 18.3 Å². The number of carbonyl (C=O) groups is 2. The van der Waals surface area contributed by atoms with Gasteiger partial charge in [-0.1, -0.05) is 0 Å². The lowest BCUT2D eigenvalue weighted by atomic mass is 9.93. The van der Waals surface area contributed by atoms with Crippen LogP contribution in [0.2, 0.25) is 0 Å². The van der Waals surface area contributed by atoms with Crippen molar-refractivity contribution in [3.8, 4) is 0 Å². The van der Waals surface area contributed by atoms with E-state index >= 15 is 0 Å². The van der Waals surface area contributed by atoms with Crippen LogP contribution in [0.4, 0.5) is 5.82 Å². The molecule has 0 radical (unpaired) electrons. The second-order valence-corrected chi connectivity index (χ2v) is 7.30. The number of aliphatic hydroxyl groups is 1. The molecule has 130 valence electrons. The molecule has 0 saturated carbocycles. The van der Waals surface area contributed by atoms with Gasteiger partial charge in [-0.25, -0.2) is 9.97 Å². The van der Waals surface area contributed by atoms with Crippen LogP contribution in [0.1, 0.15) is 39.3 Å². The van der Waals surface area contributed by atoms with Crippen molar-refractivity contribution in [1.82, 2.24) is 9.97 Å². The molecule has 0 atom stereocenters. The van der Waals surface area contributed by atoms with Gasteiger partial charge >= 0.3 is 0 Å². The van der Waals surface area contributed by atoms with Crippen molar-refractivity contribution in [2.24, 2.45) is 0 Å². The average Bonchev–Trinajstić information content (AvgIpc) is 2.97. The quantitative estimate of drug-likeness (QED) is 0.669. The van der Waals surface area contributed by atoms with Crippen LogP contribution < -0.4 is 4.90 Å². The number of thiazole rings is 1. The molecule has 2 aromatic rings. The summed E-state index contributed by atoms with van der Waals surface area (Å²) < 4.78 is 0. The summed E-state index contributed by atoms with van der Waals surface area (Å²) in [5.74, 6) is 0.553. The Labute approximate surface area is 149 Å². The standard InChI is InChI=1S/C18H19N3O3S/c1-10(22)8-15-20-13-6-5-12(17(24)18(13)25-15)16(23)11-4-7-14(19-9-11)21(2)3/h4,7,9,23H,5-6,8H2,1-3H3. The number of allylic oxidation sites excluding steroid dienone is 1. The fourth-order valence-corrected chi connectivity index (χ4v) is 3.87. The number of rotatable bonds is 4. The zero-order valence-electron chi connectivity index (χ0n) is 14.4. The molecule has 0 aliphatic heterocycles. The highest BCUT2D eigenvalue weighted by Crippen LogP contribution is 2.33. The van der Waals surface area contributed by atoms with Gasteiger partial charge in [0, 0.05) is 31.4 Å². The maximum atomic E-state index is 12.7. The molecule has 2 heterocycles. The maximum Gasteiger partial charge on any atom is 0.204 e. The van der Waals surface area contributed by atoms with Crippen LogP contribution in [-0.2, 0) is 17.6 Å². The Morgan fingerprint density at radius 3 is 2.68 bits per heavy atom. The van der Waals surface area contributed by atoms with Crippen LogP contribution in [0.25, 0.3) is 5.76 Å². The molecule has 1 aliphatic carbocycles. The minimum Gasteiger partial charge on any atom is -0.507 e. The van der Waals surface area contributed by atoms with E-state index < -0.39 is 0 Å². The third-order valence-electron chi connectivity index (χ3n) is 4.00. The van der Waals surface area contributed by atoms with Crippen LogP contribution in [0, 0.1) is 0 Å². The molecule has 25 heavy (non-hydrogen) atoms. The first kappa shape index (κ1) is 17.3. The number of pyridine rings is 1. The van der Waals surface area contributed by atoms with Gasteiger partial charge in [0.25, 0.3) is 0 Å². The first-order valence-corrected chi connectivity index (χ1v) is 8.77. The lowest BCUT2D eigenvalue weighted by Gasteiger charge is -2.15. The van der Waals surface area contributed by atoms with Gasteiger partial charge in [-0.05, 0) is 31.9 Å². The Bertz CT molecular complexity index is 866. The van der Waals surface area contributed by atoms with Gasteiger partial charge in [-0.15, -0.1) is 11.3 Å². The molecule has 0 unspecified atom stereocenters. The number of fused-ring (bicyclic) bond motifs is 1. The Morgan fingerprint density at radius 2 is 2.08 bits per heavy atom. The Balaban J connectivity index is 1.92. The zero-order chi connectivity index (χ0) is 18.1. The van der Waals surface area contributed by atoms with Crippen LogP contribution in [0.5, 0.6) is 0 Å². The number of Topliss-reactive ketones (excluding diaryl/α,β-unsaturated/α-hetero) is 2. The normalized spacial score (nSPS) is 15.7. The van der Waals surface area contributed by atoms with Crippen LogP contribution in [0.3, 0.4) is 0 Å². The summed E-state index contributed by atoms with van der Waals surface area (Å²) in [5.41, 5.74) is 1.62. The molecule has 6 nitrogen and oxygen atoms in total. The summed E-state index contributed by atoms with van der Waals surface area (Å²) in [5, 5.41) is 11.2. The van der Waals surface area contributed by atoms with Gasteiger partial charge in [0.05, 0.1) is 17.0 Å². The second kappa shape index (κ2) is 6.76. The lowest BCUT2D eigenvalue weighted by Crippen LogP contribution is -2.14. The number of aryl methyl sites for hydroxylation is 1. The number of hydrogen-bond acceptors (Lipinski definition) is 7. The first-order chi connectivity index (χ1) is 11.9. The predicted octanol–water partition coefficient (Wildman–Crippen LogP) is 2.83. The molecule has 1 aliphatic rings. The fraction of sp³-hybridized carbons (Fsp3) is 0.333. The van der Waals surface area contributed by atoms with E-state index in [2.05, 4.69) is 9.97 Å². The zero-order valence-corrected chi connectivity index (χ0v) is 15.2. The fourth-order valence-electron chi connectivity index (χ4n) is 2.72. The number of nitrogens with zero attached hydrogens (tertiary/aromatic N) is 3. The molecule has 0 bridgehead atoms. The van der Waals surface area contributed by atoms with E-state index in [0.717, 1.165) is 11.5 Å². The monoisotopic (exact) mass is 357 g/mol. The maximum absolute atomic E-state index is 12.7. The summed E-state index contributed by atoms with van der Waals surface area (Å²) in [6.45, 7) is 1.50. The minimum absolute atomic E-state index is 0.0178. The summed E-state index contributed by atoms with van der Waals surface area (Å²) in [7, 11) is 3.77. The van der Waals surface area contributed by atoms with Crippen LogP contribution in [-0.4, -0.2) is 40.7 Å². The molecule has 7 heteroatoms. The van der Waals surface area contributed by atoms with Crippen molar-refractivity contribution in [3.63, 3.8) is 0 Å². The number of carbonyl (C=O) groups excluding carboxylic acids is 2. The predicted molar refractivity (Wildman–Crippen MR) is 97.3 cm³/mol. The molecule has 0 saturated heterocycles. The molecule has 3 rings (SSSR count). The van der Waals surface area contributed by atoms with Gasteiger partial charge < -0.3 is 10.0 Å². The lowest BCUT2D eigenvalue weighted by molar-refractivity contribution is -0.116. The molecule has 0 amide bonds. The summed E-state index contributed by atoms with van der Waals surface area (Å²) in [6.07, 6.45) is 2.81. The van der Waals surface area contributed by atoms with E-state index in [0.29, 0.717) is 33.9 Å². The highest BCUT2D eigenvalue weighted by Gasteiger charge is 2.29. The molecule has 2 aromatic heterocycles. The number of hydrogen-bond donors (Lipinski definition) is 1. The minimum atomic E-state index is -0.206. The Kier molecular flexibility index (Phi) is 4.67. The third-order valence-corrected chi connectivity index (χ3v) is 5.10. The smallest absolute Gasteiger partial charge is 0.204 e. The first-order valence-electron chi connectivity index (χ1n) is 7.95. The van der Waals surface area contributed by atoms with Crippen molar-refractivity contribution >= 4 is 34.5 Å². The van der Waals surface area contributed by atoms with Crippen molar-refractivity contribution < 1.29 is 14.7 Å². The second-order valence-electron chi connectivity index (χ2n) is 6.22. The van der Waals surface area contributed by atoms with Gasteiger partial charge in [-0.3, -0.25) is 9.59 Å². The number of anilines is 1. The average molecular weight is 357 g/mol. The van der Waals surface area contributed by atoms with Crippen molar-refractivity contribution in [2.45, 2.75) is 26.2 Å². The number of aliphatic hydroxyl groups excluding tert-OH is 1. The molecule has 0 fully saturated rings. The summed E-state index contributed by atoms with van der Waals surface area (Å²) in [6, 6.07) is 3.55.